The van der Waals surface area contributed by atoms with E-state index >= 15 is 0 Å². The van der Waals surface area contributed by atoms with E-state index in [1.54, 1.807) is 4.90 Å². The summed E-state index contributed by atoms with van der Waals surface area (Å²) in [5.41, 5.74) is 5.72. The third-order valence-electron chi connectivity index (χ3n) is 2.21. The Bertz CT molecular complexity index is 194. The first-order valence-electron chi connectivity index (χ1n) is 5.16. The number of carbonyl (C=O) groups is 1. The standard InChI is InChI=1S/C11H24N2O/c1-8(2)7-13(6)10(14)9(12)11(3,4)5/h8-9H,7,12H2,1-6H3/t9-/m0/s1. The fourth-order valence-corrected chi connectivity index (χ4v) is 1.25. The summed E-state index contributed by atoms with van der Waals surface area (Å²) in [6.45, 7) is 10.9. The Kier molecular flexibility index (Phi) is 4.59. The van der Waals surface area contributed by atoms with Crippen molar-refractivity contribution in [2.45, 2.75) is 40.7 Å². The van der Waals surface area contributed by atoms with Gasteiger partial charge in [0.05, 0.1) is 6.04 Å². The molecule has 3 nitrogen and oxygen atoms in total. The molecule has 0 aliphatic rings. The van der Waals surface area contributed by atoms with E-state index in [0.29, 0.717) is 5.92 Å². The van der Waals surface area contributed by atoms with Gasteiger partial charge in [0, 0.05) is 13.6 Å². The van der Waals surface area contributed by atoms with Crippen LogP contribution in [0.3, 0.4) is 0 Å². The molecule has 0 aliphatic heterocycles. The molecule has 0 unspecified atom stereocenters. The van der Waals surface area contributed by atoms with Crippen molar-refractivity contribution in [2.24, 2.45) is 17.1 Å². The summed E-state index contributed by atoms with van der Waals surface area (Å²) in [6.07, 6.45) is 0. The van der Waals surface area contributed by atoms with E-state index in [1.807, 2.05) is 27.8 Å². The van der Waals surface area contributed by atoms with Gasteiger partial charge in [0.2, 0.25) is 5.91 Å². The summed E-state index contributed by atoms with van der Waals surface area (Å²) < 4.78 is 0. The van der Waals surface area contributed by atoms with Gasteiger partial charge in [-0.15, -0.1) is 0 Å². The van der Waals surface area contributed by atoms with E-state index in [2.05, 4.69) is 13.8 Å². The molecule has 0 fully saturated rings. The fourth-order valence-electron chi connectivity index (χ4n) is 1.25. The van der Waals surface area contributed by atoms with E-state index in [9.17, 15) is 4.79 Å². The Morgan fingerprint density at radius 3 is 2.07 bits per heavy atom. The number of nitrogens with two attached hydrogens (primary N) is 1. The third-order valence-corrected chi connectivity index (χ3v) is 2.21. The van der Waals surface area contributed by atoms with Crippen molar-refractivity contribution in [2.75, 3.05) is 13.6 Å². The van der Waals surface area contributed by atoms with Crippen LogP contribution in [0.15, 0.2) is 0 Å². The lowest BCUT2D eigenvalue weighted by atomic mass is 9.86. The maximum atomic E-state index is 11.8. The molecule has 0 radical (unpaired) electrons. The van der Waals surface area contributed by atoms with Gasteiger partial charge in [-0.1, -0.05) is 34.6 Å². The minimum Gasteiger partial charge on any atom is -0.344 e. The highest BCUT2D eigenvalue weighted by Gasteiger charge is 2.29. The summed E-state index contributed by atoms with van der Waals surface area (Å²) in [5, 5.41) is 0. The summed E-state index contributed by atoms with van der Waals surface area (Å²) in [7, 11) is 1.81. The maximum absolute atomic E-state index is 11.8. The van der Waals surface area contributed by atoms with Crippen molar-refractivity contribution >= 4 is 5.91 Å². The Hall–Kier alpha value is -0.570. The minimum atomic E-state index is -0.411. The molecule has 0 saturated carbocycles. The summed E-state index contributed by atoms with van der Waals surface area (Å²) in [4.78, 5) is 13.5. The van der Waals surface area contributed by atoms with Crippen LogP contribution in [0.1, 0.15) is 34.6 Å². The van der Waals surface area contributed by atoms with Gasteiger partial charge < -0.3 is 10.6 Å². The average Bonchev–Trinajstić information content (AvgIpc) is 1.98. The molecule has 0 saturated heterocycles. The minimum absolute atomic E-state index is 0.0335. The molecule has 84 valence electrons. The van der Waals surface area contributed by atoms with Crippen LogP contribution in [-0.2, 0) is 4.79 Å². The molecule has 0 aromatic carbocycles. The Labute approximate surface area is 87.6 Å². The van der Waals surface area contributed by atoms with Crippen LogP contribution in [0, 0.1) is 11.3 Å². The zero-order chi connectivity index (χ0) is 11.5. The monoisotopic (exact) mass is 200 g/mol. The van der Waals surface area contributed by atoms with E-state index in [1.165, 1.54) is 0 Å². The van der Waals surface area contributed by atoms with Crippen LogP contribution < -0.4 is 5.73 Å². The molecular formula is C11H24N2O. The number of amides is 1. The number of nitrogens with zero attached hydrogens (tertiary/aromatic N) is 1. The van der Waals surface area contributed by atoms with Crippen molar-refractivity contribution in [1.82, 2.24) is 4.90 Å². The highest BCUT2D eigenvalue weighted by molar-refractivity contribution is 5.82. The van der Waals surface area contributed by atoms with Crippen LogP contribution in [0.2, 0.25) is 0 Å². The number of hydrogen-bond donors (Lipinski definition) is 1. The van der Waals surface area contributed by atoms with Crippen LogP contribution in [0.5, 0.6) is 0 Å². The van der Waals surface area contributed by atoms with Crippen LogP contribution >= 0.6 is 0 Å². The predicted molar refractivity (Wildman–Crippen MR) is 59.9 cm³/mol. The van der Waals surface area contributed by atoms with Gasteiger partial charge in [0.15, 0.2) is 0 Å². The highest BCUT2D eigenvalue weighted by atomic mass is 16.2. The Morgan fingerprint density at radius 1 is 1.36 bits per heavy atom. The lowest BCUT2D eigenvalue weighted by Gasteiger charge is -2.30. The molecule has 1 amide bonds. The van der Waals surface area contributed by atoms with Crippen molar-refractivity contribution in [3.63, 3.8) is 0 Å². The second-order valence-corrected chi connectivity index (χ2v) is 5.46. The third kappa shape index (κ3) is 4.09. The molecule has 0 heterocycles. The topological polar surface area (TPSA) is 46.3 Å². The van der Waals surface area contributed by atoms with Gasteiger partial charge in [-0.2, -0.15) is 0 Å². The van der Waals surface area contributed by atoms with E-state index in [-0.39, 0.29) is 11.3 Å². The van der Waals surface area contributed by atoms with E-state index in [0.717, 1.165) is 6.54 Å². The van der Waals surface area contributed by atoms with Gasteiger partial charge >= 0.3 is 0 Å². The van der Waals surface area contributed by atoms with Crippen LogP contribution in [0.4, 0.5) is 0 Å². The molecule has 1 atom stereocenters. The normalized spacial score (nSPS) is 14.3. The number of likely N-dealkylation sites (N-methyl/N-ethyl adjacent to an activating group) is 1. The second kappa shape index (κ2) is 4.78. The molecule has 14 heavy (non-hydrogen) atoms. The van der Waals surface area contributed by atoms with Gasteiger partial charge in [0.1, 0.15) is 0 Å². The lowest BCUT2D eigenvalue weighted by molar-refractivity contribution is -0.134. The molecule has 0 spiro atoms. The maximum Gasteiger partial charge on any atom is 0.239 e. The van der Waals surface area contributed by atoms with Gasteiger partial charge in [0.25, 0.3) is 0 Å². The molecule has 0 rings (SSSR count). The quantitative estimate of drug-likeness (QED) is 0.750. The van der Waals surface area contributed by atoms with Crippen molar-refractivity contribution in [3.8, 4) is 0 Å². The number of rotatable bonds is 3. The predicted octanol–water partition coefficient (Wildman–Crippen LogP) is 1.47. The Morgan fingerprint density at radius 2 is 1.79 bits per heavy atom. The largest absolute Gasteiger partial charge is 0.344 e. The molecule has 0 aromatic rings. The van der Waals surface area contributed by atoms with Gasteiger partial charge in [-0.25, -0.2) is 0 Å². The molecule has 2 N–H and O–H groups in total. The first-order chi connectivity index (χ1) is 6.16. The molecule has 0 aliphatic carbocycles. The summed E-state index contributed by atoms with van der Waals surface area (Å²) in [6, 6.07) is -0.411. The average molecular weight is 200 g/mol. The van der Waals surface area contributed by atoms with Gasteiger partial charge in [-0.3, -0.25) is 4.79 Å². The van der Waals surface area contributed by atoms with Crippen LogP contribution in [-0.4, -0.2) is 30.4 Å². The fraction of sp³-hybridized carbons (Fsp3) is 0.909. The smallest absolute Gasteiger partial charge is 0.239 e. The molecular weight excluding hydrogens is 176 g/mol. The van der Waals surface area contributed by atoms with E-state index in [4.69, 9.17) is 5.73 Å². The molecule has 0 bridgehead atoms. The summed E-state index contributed by atoms with van der Waals surface area (Å²) >= 11 is 0. The number of carbonyl (C=O) groups excluding carboxylic acids is 1. The Balaban J connectivity index is 4.32. The lowest BCUT2D eigenvalue weighted by Crippen LogP contribution is -2.49. The van der Waals surface area contributed by atoms with Crippen LogP contribution in [0.25, 0.3) is 0 Å². The van der Waals surface area contributed by atoms with E-state index < -0.39 is 6.04 Å². The first-order valence-corrected chi connectivity index (χ1v) is 5.16. The van der Waals surface area contributed by atoms with Crippen molar-refractivity contribution in [3.05, 3.63) is 0 Å². The van der Waals surface area contributed by atoms with Crippen molar-refractivity contribution < 1.29 is 4.79 Å². The summed E-state index contributed by atoms with van der Waals surface area (Å²) in [5.74, 6) is 0.516. The molecule has 3 heteroatoms. The second-order valence-electron chi connectivity index (χ2n) is 5.46. The van der Waals surface area contributed by atoms with Crippen molar-refractivity contribution in [1.29, 1.82) is 0 Å². The number of hydrogen-bond acceptors (Lipinski definition) is 2. The van der Waals surface area contributed by atoms with Gasteiger partial charge in [-0.05, 0) is 11.3 Å². The first kappa shape index (κ1) is 13.4. The molecule has 0 aromatic heterocycles. The SMILES string of the molecule is CC(C)CN(C)C(=O)[C@H](N)C(C)(C)C. The highest BCUT2D eigenvalue weighted by Crippen LogP contribution is 2.18. The zero-order valence-corrected chi connectivity index (χ0v) is 10.3. The zero-order valence-electron chi connectivity index (χ0n) is 10.3.